The Hall–Kier alpha value is -1.20. The quantitative estimate of drug-likeness (QED) is 0.518. The van der Waals surface area contributed by atoms with E-state index in [4.69, 9.17) is 0 Å². The zero-order valence-electron chi connectivity index (χ0n) is 6.39. The van der Waals surface area contributed by atoms with E-state index in [0.717, 1.165) is 0 Å². The van der Waals surface area contributed by atoms with E-state index in [9.17, 15) is 0 Å². The van der Waals surface area contributed by atoms with Crippen molar-refractivity contribution in [3.05, 3.63) is 35.8 Å². The van der Waals surface area contributed by atoms with Gasteiger partial charge in [0.2, 0.25) is 0 Å². The summed E-state index contributed by atoms with van der Waals surface area (Å²) in [5.41, 5.74) is 5.27. The second-order valence-corrected chi connectivity index (χ2v) is 2.32. The van der Waals surface area contributed by atoms with Crippen molar-refractivity contribution in [2.75, 3.05) is 0 Å². The molecule has 52 valence electrons. The van der Waals surface area contributed by atoms with E-state index in [1.54, 1.807) is 0 Å². The Morgan fingerprint density at radius 1 is 1.60 bits per heavy atom. The Kier molecular flexibility index (Phi) is 1.79. The Bertz CT molecular complexity index is 275. The highest BCUT2D eigenvalue weighted by Crippen LogP contribution is 2.07. The van der Waals surface area contributed by atoms with E-state index in [0.29, 0.717) is 0 Å². The number of aromatic nitrogens is 1. The monoisotopic (exact) mass is 133 g/mol. The van der Waals surface area contributed by atoms with Crippen LogP contribution in [0.15, 0.2) is 24.6 Å². The van der Waals surface area contributed by atoms with Crippen LogP contribution in [0.4, 0.5) is 0 Å². The summed E-state index contributed by atoms with van der Waals surface area (Å²) in [5, 5.41) is 0. The minimum atomic E-state index is 1.25. The molecule has 0 radical (unpaired) electrons. The predicted molar refractivity (Wildman–Crippen MR) is 43.8 cm³/mol. The highest BCUT2D eigenvalue weighted by atomic mass is 14.9. The van der Waals surface area contributed by atoms with Gasteiger partial charge in [-0.1, -0.05) is 6.58 Å². The maximum Gasteiger partial charge on any atom is 0.0502 e. The number of hydrogen-bond acceptors (Lipinski definition) is 0. The van der Waals surface area contributed by atoms with E-state index in [1.165, 1.54) is 11.3 Å². The molecule has 0 saturated carbocycles. The number of hydrogen-bond donors (Lipinski definition) is 0. The summed E-state index contributed by atoms with van der Waals surface area (Å²) in [7, 11) is 0. The van der Waals surface area contributed by atoms with Crippen molar-refractivity contribution >= 4 is 6.20 Å². The fourth-order valence-corrected chi connectivity index (χ4v) is 0.866. The summed E-state index contributed by atoms with van der Waals surface area (Å²) in [4.78, 5) is 0. The van der Waals surface area contributed by atoms with Gasteiger partial charge in [-0.15, -0.1) is 5.73 Å². The van der Waals surface area contributed by atoms with Crippen LogP contribution in [0.25, 0.3) is 6.20 Å². The molecular formula is C9H11N. The molecule has 0 amide bonds. The van der Waals surface area contributed by atoms with Gasteiger partial charge in [-0.3, -0.25) is 0 Å². The molecule has 0 aromatic carbocycles. The van der Waals surface area contributed by atoms with Gasteiger partial charge in [0, 0.05) is 11.9 Å². The number of nitrogens with zero attached hydrogens (tertiary/aromatic N) is 1. The lowest BCUT2D eigenvalue weighted by molar-refractivity contribution is 1.07. The molecule has 1 nitrogen and oxygen atoms in total. The van der Waals surface area contributed by atoms with Gasteiger partial charge in [0.15, 0.2) is 0 Å². The molecule has 1 rings (SSSR count). The SMILES string of the molecule is C=C=Cn1ccc(C)c1C. The molecule has 0 fully saturated rings. The topological polar surface area (TPSA) is 4.93 Å². The molecule has 1 aromatic heterocycles. The second-order valence-electron chi connectivity index (χ2n) is 2.32. The number of rotatable bonds is 1. The third kappa shape index (κ3) is 1.04. The summed E-state index contributed by atoms with van der Waals surface area (Å²) < 4.78 is 2.00. The first-order chi connectivity index (χ1) is 4.75. The lowest BCUT2D eigenvalue weighted by Gasteiger charge is -1.95. The first-order valence-electron chi connectivity index (χ1n) is 3.25. The Balaban J connectivity index is 3.17. The van der Waals surface area contributed by atoms with Crippen LogP contribution in [0, 0.1) is 13.8 Å². The van der Waals surface area contributed by atoms with Crippen LogP contribution in [-0.2, 0) is 0 Å². The standard InChI is InChI=1S/C9H11N/c1-4-6-10-7-5-8(2)9(10)3/h5-7H,1H2,2-3H3. The molecule has 0 N–H and O–H groups in total. The molecule has 10 heavy (non-hydrogen) atoms. The first-order valence-corrected chi connectivity index (χ1v) is 3.25. The zero-order chi connectivity index (χ0) is 7.56. The molecule has 1 heterocycles. The molecule has 1 aromatic rings. The van der Waals surface area contributed by atoms with Crippen LogP contribution >= 0.6 is 0 Å². The Labute approximate surface area is 61.3 Å². The maximum atomic E-state index is 3.50. The van der Waals surface area contributed by atoms with Crippen LogP contribution in [-0.4, -0.2) is 4.57 Å². The van der Waals surface area contributed by atoms with Gasteiger partial charge >= 0.3 is 0 Å². The minimum Gasteiger partial charge on any atom is -0.320 e. The average Bonchev–Trinajstić information content (AvgIpc) is 2.20. The van der Waals surface area contributed by atoms with E-state index < -0.39 is 0 Å². The zero-order valence-corrected chi connectivity index (χ0v) is 6.39. The van der Waals surface area contributed by atoms with Crippen molar-refractivity contribution in [2.24, 2.45) is 0 Å². The maximum absolute atomic E-state index is 3.50. The van der Waals surface area contributed by atoms with Crippen molar-refractivity contribution in [1.29, 1.82) is 0 Å². The molecule has 0 atom stereocenters. The van der Waals surface area contributed by atoms with E-state index >= 15 is 0 Å². The van der Waals surface area contributed by atoms with Gasteiger partial charge in [0.05, 0.1) is 6.20 Å². The van der Waals surface area contributed by atoms with Crippen molar-refractivity contribution in [3.8, 4) is 0 Å². The first kappa shape index (κ1) is 6.91. The summed E-state index contributed by atoms with van der Waals surface area (Å²) in [6.07, 6.45) is 3.82. The summed E-state index contributed by atoms with van der Waals surface area (Å²) >= 11 is 0. The van der Waals surface area contributed by atoms with Gasteiger partial charge in [-0.25, -0.2) is 0 Å². The van der Waals surface area contributed by atoms with Crippen molar-refractivity contribution in [2.45, 2.75) is 13.8 Å². The second kappa shape index (κ2) is 2.59. The summed E-state index contributed by atoms with van der Waals surface area (Å²) in [6, 6.07) is 2.07. The van der Waals surface area contributed by atoms with Crippen LogP contribution in [0.2, 0.25) is 0 Å². The number of aryl methyl sites for hydroxylation is 1. The Morgan fingerprint density at radius 2 is 2.30 bits per heavy atom. The largest absolute Gasteiger partial charge is 0.320 e. The molecule has 0 aliphatic carbocycles. The highest BCUT2D eigenvalue weighted by Gasteiger charge is 1.94. The minimum absolute atomic E-state index is 1.25. The van der Waals surface area contributed by atoms with Crippen molar-refractivity contribution in [1.82, 2.24) is 4.57 Å². The van der Waals surface area contributed by atoms with Crippen molar-refractivity contribution < 1.29 is 0 Å². The van der Waals surface area contributed by atoms with Gasteiger partial charge in [-0.2, -0.15) is 0 Å². The Morgan fingerprint density at radius 3 is 2.70 bits per heavy atom. The molecule has 1 heteroatoms. The van der Waals surface area contributed by atoms with Gasteiger partial charge in [0.25, 0.3) is 0 Å². The van der Waals surface area contributed by atoms with E-state index in [1.807, 2.05) is 17.0 Å². The third-order valence-electron chi connectivity index (χ3n) is 1.67. The van der Waals surface area contributed by atoms with Crippen LogP contribution < -0.4 is 0 Å². The normalized spacial score (nSPS) is 9.00. The molecule has 0 bridgehead atoms. The lowest BCUT2D eigenvalue weighted by Crippen LogP contribution is -1.85. The molecule has 0 aliphatic heterocycles. The lowest BCUT2D eigenvalue weighted by atomic mass is 10.3. The van der Waals surface area contributed by atoms with E-state index in [-0.39, 0.29) is 0 Å². The highest BCUT2D eigenvalue weighted by molar-refractivity contribution is 5.31. The average molecular weight is 133 g/mol. The molecule has 0 saturated heterocycles. The molecule has 0 aliphatic rings. The van der Waals surface area contributed by atoms with Crippen LogP contribution in [0.5, 0.6) is 0 Å². The molecule has 0 unspecified atom stereocenters. The smallest absolute Gasteiger partial charge is 0.0502 e. The van der Waals surface area contributed by atoms with Crippen molar-refractivity contribution in [3.63, 3.8) is 0 Å². The van der Waals surface area contributed by atoms with Crippen LogP contribution in [0.3, 0.4) is 0 Å². The third-order valence-corrected chi connectivity index (χ3v) is 1.67. The van der Waals surface area contributed by atoms with Gasteiger partial charge < -0.3 is 4.57 Å². The predicted octanol–water partition coefficient (Wildman–Crippen LogP) is 2.36. The molecule has 0 spiro atoms. The van der Waals surface area contributed by atoms with E-state index in [2.05, 4.69) is 32.2 Å². The summed E-state index contributed by atoms with van der Waals surface area (Å²) in [6.45, 7) is 7.66. The fraction of sp³-hybridized carbons (Fsp3) is 0.222. The fourth-order valence-electron chi connectivity index (χ4n) is 0.866. The van der Waals surface area contributed by atoms with Gasteiger partial charge in [0.1, 0.15) is 0 Å². The van der Waals surface area contributed by atoms with Crippen LogP contribution in [0.1, 0.15) is 11.3 Å². The molecular weight excluding hydrogens is 122 g/mol. The van der Waals surface area contributed by atoms with Gasteiger partial charge in [-0.05, 0) is 25.5 Å². The summed E-state index contributed by atoms with van der Waals surface area (Å²) in [5.74, 6) is 0.